The van der Waals surface area contributed by atoms with E-state index in [-0.39, 0.29) is 20.6 Å². The molecule has 2 rings (SSSR count). The van der Waals surface area contributed by atoms with Crippen molar-refractivity contribution >= 4 is 52.4 Å². The Morgan fingerprint density at radius 2 is 1.74 bits per heavy atom. The highest BCUT2D eigenvalue weighted by atomic mass is 35.5. The molecule has 0 radical (unpaired) electrons. The zero-order chi connectivity index (χ0) is 14.2. The van der Waals surface area contributed by atoms with E-state index >= 15 is 0 Å². The monoisotopic (exact) mass is 335 g/mol. The summed E-state index contributed by atoms with van der Waals surface area (Å²) in [5.74, 6) is -1.15. The molecule has 0 bridgehead atoms. The molecule has 0 aliphatic heterocycles. The van der Waals surface area contributed by atoms with Crippen molar-refractivity contribution < 1.29 is 9.90 Å². The van der Waals surface area contributed by atoms with Crippen molar-refractivity contribution in [2.24, 2.45) is 0 Å². The fourth-order valence-electron chi connectivity index (χ4n) is 1.47. The molecule has 3 nitrogen and oxygen atoms in total. The molecular weight excluding hydrogens is 332 g/mol. The van der Waals surface area contributed by atoms with Crippen LogP contribution in [0.5, 0.6) is 0 Å². The van der Waals surface area contributed by atoms with Gasteiger partial charge in [0.25, 0.3) is 0 Å². The maximum Gasteiger partial charge on any atom is 0.337 e. The number of benzene rings is 1. The molecule has 1 N–H and O–H groups in total. The highest BCUT2D eigenvalue weighted by Gasteiger charge is 2.15. The third-order valence-corrected chi connectivity index (χ3v) is 3.99. The van der Waals surface area contributed by atoms with Gasteiger partial charge in [-0.05, 0) is 18.2 Å². The van der Waals surface area contributed by atoms with Crippen LogP contribution in [0, 0.1) is 0 Å². The quantitative estimate of drug-likeness (QED) is 0.780. The number of hydrogen-bond donors (Lipinski definition) is 1. The molecule has 0 unspecified atom stereocenters. The molecule has 0 spiro atoms. The number of carbonyl (C=O) groups is 1. The van der Waals surface area contributed by atoms with Gasteiger partial charge in [0.05, 0.1) is 31.3 Å². The molecule has 0 fully saturated rings. The van der Waals surface area contributed by atoms with E-state index in [1.165, 1.54) is 12.3 Å². The van der Waals surface area contributed by atoms with E-state index in [0.717, 1.165) is 0 Å². The van der Waals surface area contributed by atoms with Crippen LogP contribution in [0.25, 0.3) is 11.3 Å². The molecule has 0 saturated heterocycles. The predicted octanol–water partition coefficient (Wildman–Crippen LogP) is 5.06. The topological polar surface area (TPSA) is 50.2 Å². The second-order valence-electron chi connectivity index (χ2n) is 3.58. The lowest BCUT2D eigenvalue weighted by Gasteiger charge is -2.08. The van der Waals surface area contributed by atoms with Crippen molar-refractivity contribution in [3.63, 3.8) is 0 Å². The van der Waals surface area contributed by atoms with Crippen molar-refractivity contribution in [1.29, 1.82) is 0 Å². The largest absolute Gasteiger partial charge is 0.478 e. The molecular formula is C12H5Cl4NO2. The van der Waals surface area contributed by atoms with Crippen LogP contribution in [0.4, 0.5) is 0 Å². The van der Waals surface area contributed by atoms with Crippen LogP contribution < -0.4 is 0 Å². The molecule has 0 aliphatic rings. The van der Waals surface area contributed by atoms with E-state index < -0.39 is 5.97 Å². The number of carboxylic acid groups (broad SMARTS) is 1. The predicted molar refractivity (Wildman–Crippen MR) is 76.7 cm³/mol. The first-order valence-corrected chi connectivity index (χ1v) is 6.45. The van der Waals surface area contributed by atoms with Crippen LogP contribution in [-0.2, 0) is 0 Å². The molecule has 19 heavy (non-hydrogen) atoms. The Hall–Kier alpha value is -1.000. The summed E-state index contributed by atoms with van der Waals surface area (Å²) in [6.07, 6.45) is 1.25. The van der Waals surface area contributed by atoms with E-state index in [4.69, 9.17) is 51.5 Å². The van der Waals surface area contributed by atoms with Crippen molar-refractivity contribution in [1.82, 2.24) is 4.98 Å². The van der Waals surface area contributed by atoms with E-state index in [1.807, 2.05) is 0 Å². The van der Waals surface area contributed by atoms with Crippen LogP contribution in [0.1, 0.15) is 10.4 Å². The highest BCUT2D eigenvalue weighted by molar-refractivity contribution is 6.49. The van der Waals surface area contributed by atoms with E-state index in [0.29, 0.717) is 16.3 Å². The molecule has 0 amide bonds. The summed E-state index contributed by atoms with van der Waals surface area (Å²) in [4.78, 5) is 15.1. The van der Waals surface area contributed by atoms with Gasteiger partial charge in [0, 0.05) is 11.8 Å². The van der Waals surface area contributed by atoms with Gasteiger partial charge in [-0.25, -0.2) is 4.79 Å². The summed E-state index contributed by atoms with van der Waals surface area (Å²) >= 11 is 23.6. The molecule has 0 saturated carbocycles. The molecule has 2 aromatic rings. The minimum absolute atomic E-state index is 0.0485. The summed E-state index contributed by atoms with van der Waals surface area (Å²) in [5.41, 5.74) is 0.773. The minimum Gasteiger partial charge on any atom is -0.478 e. The van der Waals surface area contributed by atoms with Gasteiger partial charge in [0.1, 0.15) is 0 Å². The minimum atomic E-state index is -1.15. The maximum absolute atomic E-state index is 11.0. The molecule has 0 aliphatic carbocycles. The summed E-state index contributed by atoms with van der Waals surface area (Å²) in [7, 11) is 0. The number of nitrogens with zero attached hydrogens (tertiary/aromatic N) is 1. The Kier molecular flexibility index (Phi) is 4.21. The highest BCUT2D eigenvalue weighted by Crippen LogP contribution is 2.37. The fraction of sp³-hybridized carbons (Fsp3) is 0. The van der Waals surface area contributed by atoms with Crippen LogP contribution in [0.2, 0.25) is 20.1 Å². The second-order valence-corrected chi connectivity index (χ2v) is 5.15. The third kappa shape index (κ3) is 2.79. The van der Waals surface area contributed by atoms with Crippen molar-refractivity contribution in [3.8, 4) is 11.3 Å². The number of hydrogen-bond acceptors (Lipinski definition) is 2. The first-order valence-electron chi connectivity index (χ1n) is 4.94. The number of carboxylic acids is 1. The number of pyridine rings is 1. The Labute approximate surface area is 128 Å². The van der Waals surface area contributed by atoms with Gasteiger partial charge in [-0.1, -0.05) is 46.4 Å². The zero-order valence-electron chi connectivity index (χ0n) is 9.12. The van der Waals surface area contributed by atoms with E-state index in [9.17, 15) is 4.79 Å². The summed E-state index contributed by atoms with van der Waals surface area (Å²) in [6.45, 7) is 0. The van der Waals surface area contributed by atoms with Crippen molar-refractivity contribution in [2.45, 2.75) is 0 Å². The lowest BCUT2D eigenvalue weighted by molar-refractivity contribution is 0.0697. The molecule has 1 aromatic carbocycles. The Bertz CT molecular complexity index is 673. The maximum atomic E-state index is 11.0. The van der Waals surface area contributed by atoms with Gasteiger partial charge in [0.2, 0.25) is 0 Å². The summed E-state index contributed by atoms with van der Waals surface area (Å²) in [5, 5.41) is 9.77. The average Bonchev–Trinajstić information content (AvgIpc) is 2.37. The summed E-state index contributed by atoms with van der Waals surface area (Å²) < 4.78 is 0. The van der Waals surface area contributed by atoms with E-state index in [2.05, 4.69) is 4.98 Å². The lowest BCUT2D eigenvalue weighted by atomic mass is 10.1. The Morgan fingerprint density at radius 1 is 1.05 bits per heavy atom. The molecule has 98 valence electrons. The lowest BCUT2D eigenvalue weighted by Crippen LogP contribution is -1.99. The van der Waals surface area contributed by atoms with Crippen LogP contribution >= 0.6 is 46.4 Å². The number of rotatable bonds is 2. The van der Waals surface area contributed by atoms with Gasteiger partial charge in [-0.2, -0.15) is 0 Å². The third-order valence-electron chi connectivity index (χ3n) is 2.40. The zero-order valence-corrected chi connectivity index (χ0v) is 12.1. The van der Waals surface area contributed by atoms with Crippen LogP contribution in [0.15, 0.2) is 24.4 Å². The average molecular weight is 337 g/mol. The first kappa shape index (κ1) is 14.4. The van der Waals surface area contributed by atoms with Crippen LogP contribution in [-0.4, -0.2) is 16.1 Å². The first-order chi connectivity index (χ1) is 8.91. The molecule has 7 heteroatoms. The standard InChI is InChI=1S/C12H5Cl4NO2/c13-7-2-1-5(10(15)11(7)16)9-3-6(12(18)19)8(14)4-17-9/h1-4H,(H,18,19). The Morgan fingerprint density at radius 3 is 2.37 bits per heavy atom. The van der Waals surface area contributed by atoms with Crippen molar-refractivity contribution in [2.75, 3.05) is 0 Å². The van der Waals surface area contributed by atoms with Gasteiger partial charge in [-0.15, -0.1) is 0 Å². The number of halogens is 4. The summed E-state index contributed by atoms with van der Waals surface area (Å²) in [6, 6.07) is 4.50. The van der Waals surface area contributed by atoms with Gasteiger partial charge < -0.3 is 5.11 Å². The molecule has 0 atom stereocenters. The number of aromatic carboxylic acids is 1. The SMILES string of the molecule is O=C(O)c1cc(-c2ccc(Cl)c(Cl)c2Cl)ncc1Cl. The van der Waals surface area contributed by atoms with Gasteiger partial charge >= 0.3 is 5.97 Å². The smallest absolute Gasteiger partial charge is 0.337 e. The Balaban J connectivity index is 2.63. The van der Waals surface area contributed by atoms with E-state index in [1.54, 1.807) is 12.1 Å². The van der Waals surface area contributed by atoms with Crippen LogP contribution in [0.3, 0.4) is 0 Å². The second kappa shape index (κ2) is 5.55. The van der Waals surface area contributed by atoms with Gasteiger partial charge in [0.15, 0.2) is 0 Å². The van der Waals surface area contributed by atoms with Gasteiger partial charge in [-0.3, -0.25) is 4.98 Å². The number of aromatic nitrogens is 1. The molecule has 1 aromatic heterocycles. The van der Waals surface area contributed by atoms with Crippen molar-refractivity contribution in [3.05, 3.63) is 50.0 Å². The normalized spacial score (nSPS) is 10.5. The fourth-order valence-corrected chi connectivity index (χ4v) is 2.29. The molecule has 1 heterocycles.